The van der Waals surface area contributed by atoms with Crippen LogP contribution in [-0.4, -0.2) is 34.5 Å². The molecule has 1 fully saturated rings. The fraction of sp³-hybridized carbons (Fsp3) is 0.385. The highest BCUT2D eigenvalue weighted by atomic mass is 35.5. The largest absolute Gasteiger partial charge is 0.480 e. The van der Waals surface area contributed by atoms with Crippen LogP contribution >= 0.6 is 23.2 Å². The maximum Gasteiger partial charge on any atom is 0.350 e. The summed E-state index contributed by atoms with van der Waals surface area (Å²) in [6.07, 6.45) is 0.540. The SMILES string of the molecule is O=C(O)C1CCCN1C(=O)C(F)(F)c1ccc(Cl)c(Cl)c1. The van der Waals surface area contributed by atoms with E-state index in [0.29, 0.717) is 11.3 Å². The molecule has 1 aromatic rings. The molecule has 114 valence electrons. The van der Waals surface area contributed by atoms with Gasteiger partial charge in [0.05, 0.1) is 10.0 Å². The van der Waals surface area contributed by atoms with Gasteiger partial charge in [0.1, 0.15) is 6.04 Å². The van der Waals surface area contributed by atoms with Crippen molar-refractivity contribution in [3.63, 3.8) is 0 Å². The Morgan fingerprint density at radius 2 is 1.95 bits per heavy atom. The lowest BCUT2D eigenvalue weighted by molar-refractivity contribution is -0.164. The van der Waals surface area contributed by atoms with Crippen LogP contribution in [0, 0.1) is 0 Å². The maximum atomic E-state index is 14.3. The number of carboxylic acid groups (broad SMARTS) is 1. The minimum absolute atomic E-state index is 0.00723. The summed E-state index contributed by atoms with van der Waals surface area (Å²) in [6, 6.07) is 1.86. The smallest absolute Gasteiger partial charge is 0.350 e. The van der Waals surface area contributed by atoms with Gasteiger partial charge in [-0.2, -0.15) is 8.78 Å². The summed E-state index contributed by atoms with van der Waals surface area (Å²) in [4.78, 5) is 23.7. The van der Waals surface area contributed by atoms with E-state index in [1.807, 2.05) is 0 Å². The molecule has 0 radical (unpaired) electrons. The predicted molar refractivity (Wildman–Crippen MR) is 72.7 cm³/mol. The number of aliphatic carboxylic acids is 1. The van der Waals surface area contributed by atoms with E-state index in [-0.39, 0.29) is 23.0 Å². The molecule has 4 nitrogen and oxygen atoms in total. The van der Waals surface area contributed by atoms with Crippen molar-refractivity contribution in [2.75, 3.05) is 6.54 Å². The first-order valence-corrected chi connectivity index (χ1v) is 6.88. The Kier molecular flexibility index (Phi) is 4.39. The van der Waals surface area contributed by atoms with Gasteiger partial charge in [-0.05, 0) is 25.0 Å². The third-order valence-corrected chi connectivity index (χ3v) is 4.09. The summed E-state index contributed by atoms with van der Waals surface area (Å²) in [7, 11) is 0. The van der Waals surface area contributed by atoms with E-state index in [1.54, 1.807) is 0 Å². The Labute approximate surface area is 129 Å². The second-order valence-electron chi connectivity index (χ2n) is 4.70. The van der Waals surface area contributed by atoms with Crippen LogP contribution in [0.1, 0.15) is 18.4 Å². The van der Waals surface area contributed by atoms with Crippen LogP contribution in [0.15, 0.2) is 18.2 Å². The molecule has 0 aliphatic carbocycles. The van der Waals surface area contributed by atoms with Crippen molar-refractivity contribution in [3.05, 3.63) is 33.8 Å². The quantitative estimate of drug-likeness (QED) is 0.921. The molecule has 2 rings (SSSR count). The van der Waals surface area contributed by atoms with Gasteiger partial charge in [0, 0.05) is 12.1 Å². The van der Waals surface area contributed by atoms with E-state index in [9.17, 15) is 18.4 Å². The average Bonchev–Trinajstić information content (AvgIpc) is 2.90. The second-order valence-corrected chi connectivity index (χ2v) is 5.51. The molecule has 0 aromatic heterocycles. The Balaban J connectivity index is 2.31. The van der Waals surface area contributed by atoms with Crippen LogP contribution in [0.2, 0.25) is 10.0 Å². The van der Waals surface area contributed by atoms with E-state index in [4.69, 9.17) is 28.3 Å². The maximum absolute atomic E-state index is 14.3. The molecule has 21 heavy (non-hydrogen) atoms. The first-order chi connectivity index (χ1) is 9.75. The van der Waals surface area contributed by atoms with Crippen molar-refractivity contribution in [3.8, 4) is 0 Å². The van der Waals surface area contributed by atoms with E-state index in [0.717, 1.165) is 12.1 Å². The average molecular weight is 338 g/mol. The summed E-state index contributed by atoms with van der Waals surface area (Å²) >= 11 is 11.3. The van der Waals surface area contributed by atoms with E-state index in [2.05, 4.69) is 0 Å². The lowest BCUT2D eigenvalue weighted by Crippen LogP contribution is -2.47. The standard InChI is InChI=1S/C13H11Cl2F2NO3/c14-8-4-3-7(6-9(8)15)13(16,17)12(21)18-5-1-2-10(18)11(19)20/h3-4,6,10H,1-2,5H2,(H,19,20). The third kappa shape index (κ3) is 2.96. The molecule has 1 saturated heterocycles. The highest BCUT2D eigenvalue weighted by Crippen LogP contribution is 2.36. The number of carboxylic acids is 1. The molecule has 8 heteroatoms. The molecule has 0 saturated carbocycles. The zero-order valence-corrected chi connectivity index (χ0v) is 12.2. The Hall–Kier alpha value is -1.40. The third-order valence-electron chi connectivity index (χ3n) is 3.35. The molecule has 1 N–H and O–H groups in total. The number of amides is 1. The van der Waals surface area contributed by atoms with Gasteiger partial charge in [-0.25, -0.2) is 4.79 Å². The zero-order chi connectivity index (χ0) is 15.8. The van der Waals surface area contributed by atoms with Crippen molar-refractivity contribution < 1.29 is 23.5 Å². The monoisotopic (exact) mass is 337 g/mol. The van der Waals surface area contributed by atoms with E-state index in [1.165, 1.54) is 6.07 Å². The van der Waals surface area contributed by atoms with Gasteiger partial charge >= 0.3 is 11.9 Å². The summed E-state index contributed by atoms with van der Waals surface area (Å²) in [5.74, 6) is -6.68. The minimum Gasteiger partial charge on any atom is -0.480 e. The highest BCUT2D eigenvalue weighted by Gasteiger charge is 2.48. The summed E-state index contributed by atoms with van der Waals surface area (Å²) < 4.78 is 28.5. The lowest BCUT2D eigenvalue weighted by Gasteiger charge is -2.26. The Morgan fingerprint density at radius 1 is 1.29 bits per heavy atom. The molecule has 1 atom stereocenters. The number of carbonyl (C=O) groups is 2. The van der Waals surface area contributed by atoms with Crippen LogP contribution in [0.5, 0.6) is 0 Å². The van der Waals surface area contributed by atoms with Crippen LogP contribution in [-0.2, 0) is 15.5 Å². The molecular formula is C13H11Cl2F2NO3. The number of hydrogen-bond donors (Lipinski definition) is 1. The Bertz CT molecular complexity index is 595. The predicted octanol–water partition coefficient (Wildman–Crippen LogP) is 3.16. The van der Waals surface area contributed by atoms with Crippen LogP contribution in [0.4, 0.5) is 8.78 Å². The van der Waals surface area contributed by atoms with Gasteiger partial charge < -0.3 is 10.0 Å². The van der Waals surface area contributed by atoms with Crippen molar-refractivity contribution in [1.82, 2.24) is 4.90 Å². The van der Waals surface area contributed by atoms with Crippen molar-refractivity contribution in [2.24, 2.45) is 0 Å². The molecular weight excluding hydrogens is 327 g/mol. The molecule has 0 spiro atoms. The lowest BCUT2D eigenvalue weighted by atomic mass is 10.1. The molecule has 1 aromatic carbocycles. The van der Waals surface area contributed by atoms with Crippen molar-refractivity contribution in [2.45, 2.75) is 24.8 Å². The number of halogens is 4. The van der Waals surface area contributed by atoms with E-state index >= 15 is 0 Å². The fourth-order valence-corrected chi connectivity index (χ4v) is 2.56. The van der Waals surface area contributed by atoms with Gasteiger partial charge in [0.25, 0.3) is 5.91 Å². The van der Waals surface area contributed by atoms with Crippen LogP contribution in [0.3, 0.4) is 0 Å². The molecule has 1 amide bonds. The van der Waals surface area contributed by atoms with E-state index < -0.39 is 29.4 Å². The molecule has 1 aliphatic rings. The van der Waals surface area contributed by atoms with Crippen molar-refractivity contribution in [1.29, 1.82) is 0 Å². The van der Waals surface area contributed by atoms with Crippen molar-refractivity contribution >= 4 is 35.1 Å². The summed E-state index contributed by atoms with van der Waals surface area (Å²) in [6.45, 7) is -0.00723. The van der Waals surface area contributed by atoms with Crippen LogP contribution < -0.4 is 0 Å². The van der Waals surface area contributed by atoms with Crippen LogP contribution in [0.25, 0.3) is 0 Å². The van der Waals surface area contributed by atoms with Gasteiger partial charge in [-0.1, -0.05) is 29.3 Å². The molecule has 1 unspecified atom stereocenters. The van der Waals surface area contributed by atoms with Gasteiger partial charge in [-0.3, -0.25) is 4.79 Å². The highest BCUT2D eigenvalue weighted by molar-refractivity contribution is 6.42. The molecule has 0 bridgehead atoms. The summed E-state index contributed by atoms with van der Waals surface area (Å²) in [5.41, 5.74) is -0.613. The number of hydrogen-bond acceptors (Lipinski definition) is 2. The number of benzene rings is 1. The number of alkyl halides is 2. The number of nitrogens with zero attached hydrogens (tertiary/aromatic N) is 1. The fourth-order valence-electron chi connectivity index (χ4n) is 2.26. The molecule has 1 heterocycles. The Morgan fingerprint density at radius 3 is 2.52 bits per heavy atom. The number of likely N-dealkylation sites (tertiary alicyclic amines) is 1. The topological polar surface area (TPSA) is 57.6 Å². The normalized spacial score (nSPS) is 18.9. The number of carbonyl (C=O) groups excluding carboxylic acids is 1. The van der Waals surface area contributed by atoms with Gasteiger partial charge in [-0.15, -0.1) is 0 Å². The first kappa shape index (κ1) is 16.0. The number of rotatable bonds is 3. The second kappa shape index (κ2) is 5.77. The van der Waals surface area contributed by atoms with Gasteiger partial charge in [0.15, 0.2) is 0 Å². The van der Waals surface area contributed by atoms with Gasteiger partial charge in [0.2, 0.25) is 0 Å². The molecule has 1 aliphatic heterocycles. The minimum atomic E-state index is -3.85. The first-order valence-electron chi connectivity index (χ1n) is 6.12. The zero-order valence-electron chi connectivity index (χ0n) is 10.7. The summed E-state index contributed by atoms with van der Waals surface area (Å²) in [5, 5.41) is 8.96.